The number of rotatable bonds is 6. The Labute approximate surface area is 139 Å². The highest BCUT2D eigenvalue weighted by atomic mass is 16.3. The van der Waals surface area contributed by atoms with E-state index in [0.29, 0.717) is 12.1 Å². The summed E-state index contributed by atoms with van der Waals surface area (Å²) < 4.78 is 1.61. The molecule has 0 aliphatic heterocycles. The second-order valence-corrected chi connectivity index (χ2v) is 5.38. The summed E-state index contributed by atoms with van der Waals surface area (Å²) in [7, 11) is 0. The van der Waals surface area contributed by atoms with Crippen molar-refractivity contribution in [2.45, 2.75) is 13.0 Å². The van der Waals surface area contributed by atoms with Crippen LogP contribution in [0.25, 0.3) is 5.69 Å². The lowest BCUT2D eigenvalue weighted by atomic mass is 10.1. The van der Waals surface area contributed by atoms with Gasteiger partial charge in [-0.25, -0.2) is 4.68 Å². The first-order valence-corrected chi connectivity index (χ1v) is 7.70. The summed E-state index contributed by atoms with van der Waals surface area (Å²) >= 11 is 0. The Morgan fingerprint density at radius 1 is 1.12 bits per heavy atom. The highest BCUT2D eigenvalue weighted by molar-refractivity contribution is 5.94. The summed E-state index contributed by atoms with van der Waals surface area (Å²) in [6.07, 6.45) is 4.06. The molecule has 3 aromatic rings. The lowest BCUT2D eigenvalue weighted by molar-refractivity contribution is 0.0954. The largest absolute Gasteiger partial charge is 0.392 e. The molecule has 1 amide bonds. The Hall–Kier alpha value is -2.99. The third-order valence-electron chi connectivity index (χ3n) is 3.70. The minimum Gasteiger partial charge on any atom is -0.392 e. The lowest BCUT2D eigenvalue weighted by Gasteiger charge is -2.07. The molecule has 0 atom stereocenters. The minimum atomic E-state index is -0.121. The van der Waals surface area contributed by atoms with Crippen molar-refractivity contribution in [3.63, 3.8) is 0 Å². The van der Waals surface area contributed by atoms with Crippen molar-refractivity contribution in [1.82, 2.24) is 20.3 Å². The van der Waals surface area contributed by atoms with Crippen molar-refractivity contribution in [2.24, 2.45) is 0 Å². The van der Waals surface area contributed by atoms with Gasteiger partial charge in [-0.1, -0.05) is 35.5 Å². The van der Waals surface area contributed by atoms with Crippen LogP contribution in [0.3, 0.4) is 0 Å². The molecule has 0 unspecified atom stereocenters. The molecule has 0 saturated heterocycles. The Morgan fingerprint density at radius 3 is 2.62 bits per heavy atom. The van der Waals surface area contributed by atoms with E-state index in [9.17, 15) is 4.79 Å². The van der Waals surface area contributed by atoms with Gasteiger partial charge in [0, 0.05) is 12.1 Å². The molecule has 0 fully saturated rings. The molecule has 2 aromatic carbocycles. The SMILES string of the molecule is O=C(NCCc1ccc(CO)cc1)c1cccc(-n2ccnn2)c1. The Morgan fingerprint density at radius 2 is 1.92 bits per heavy atom. The molecule has 6 heteroatoms. The first-order chi connectivity index (χ1) is 11.8. The van der Waals surface area contributed by atoms with Crippen LogP contribution < -0.4 is 5.32 Å². The van der Waals surface area contributed by atoms with Gasteiger partial charge in [-0.3, -0.25) is 4.79 Å². The summed E-state index contributed by atoms with van der Waals surface area (Å²) in [5.41, 5.74) is 3.37. The van der Waals surface area contributed by atoms with Gasteiger partial charge in [0.15, 0.2) is 0 Å². The normalized spacial score (nSPS) is 10.5. The number of benzene rings is 2. The molecule has 2 N–H and O–H groups in total. The monoisotopic (exact) mass is 322 g/mol. The topological polar surface area (TPSA) is 80.0 Å². The van der Waals surface area contributed by atoms with Crippen LogP contribution in [-0.2, 0) is 13.0 Å². The minimum absolute atomic E-state index is 0.0408. The van der Waals surface area contributed by atoms with Crippen LogP contribution >= 0.6 is 0 Å². The van der Waals surface area contributed by atoms with E-state index in [1.807, 2.05) is 36.4 Å². The van der Waals surface area contributed by atoms with Gasteiger partial charge >= 0.3 is 0 Å². The first kappa shape index (κ1) is 15.9. The second kappa shape index (κ2) is 7.52. The van der Waals surface area contributed by atoms with Gasteiger partial charge in [-0.15, -0.1) is 5.10 Å². The van der Waals surface area contributed by atoms with Crippen LogP contribution in [0.4, 0.5) is 0 Å². The van der Waals surface area contributed by atoms with Gasteiger partial charge < -0.3 is 10.4 Å². The average molecular weight is 322 g/mol. The Kier molecular flexibility index (Phi) is 4.98. The van der Waals surface area contributed by atoms with Crippen LogP contribution in [-0.4, -0.2) is 32.6 Å². The zero-order valence-electron chi connectivity index (χ0n) is 13.1. The van der Waals surface area contributed by atoms with Crippen LogP contribution in [0, 0.1) is 0 Å². The van der Waals surface area contributed by atoms with E-state index in [-0.39, 0.29) is 12.5 Å². The maximum Gasteiger partial charge on any atom is 0.251 e. The van der Waals surface area contributed by atoms with Gasteiger partial charge in [0.2, 0.25) is 0 Å². The highest BCUT2D eigenvalue weighted by Crippen LogP contribution is 2.09. The maximum absolute atomic E-state index is 12.3. The quantitative estimate of drug-likeness (QED) is 0.724. The van der Waals surface area contributed by atoms with E-state index in [2.05, 4.69) is 15.6 Å². The van der Waals surface area contributed by atoms with Crippen molar-refractivity contribution >= 4 is 5.91 Å². The fraction of sp³-hybridized carbons (Fsp3) is 0.167. The van der Waals surface area contributed by atoms with Gasteiger partial charge in [0.1, 0.15) is 0 Å². The zero-order chi connectivity index (χ0) is 16.8. The molecule has 0 bridgehead atoms. The van der Waals surface area contributed by atoms with Crippen LogP contribution in [0.2, 0.25) is 0 Å². The molecule has 6 nitrogen and oxygen atoms in total. The van der Waals surface area contributed by atoms with Crippen molar-refractivity contribution < 1.29 is 9.90 Å². The van der Waals surface area contributed by atoms with Crippen molar-refractivity contribution in [1.29, 1.82) is 0 Å². The van der Waals surface area contributed by atoms with E-state index in [0.717, 1.165) is 23.2 Å². The molecule has 1 aromatic heterocycles. The molecule has 0 aliphatic rings. The molecule has 0 spiro atoms. The lowest BCUT2D eigenvalue weighted by Crippen LogP contribution is -2.25. The molecule has 0 saturated carbocycles. The predicted octanol–water partition coefficient (Wildman–Crippen LogP) is 1.73. The summed E-state index contributed by atoms with van der Waals surface area (Å²) in [5.74, 6) is -0.121. The molecular formula is C18H18N4O2. The molecular weight excluding hydrogens is 304 g/mol. The second-order valence-electron chi connectivity index (χ2n) is 5.38. The molecule has 0 radical (unpaired) electrons. The fourth-order valence-electron chi connectivity index (χ4n) is 2.37. The van der Waals surface area contributed by atoms with E-state index in [1.54, 1.807) is 29.2 Å². The van der Waals surface area contributed by atoms with E-state index in [4.69, 9.17) is 5.11 Å². The average Bonchev–Trinajstić information content (AvgIpc) is 3.17. The summed E-state index contributed by atoms with van der Waals surface area (Å²) in [4.78, 5) is 12.3. The maximum atomic E-state index is 12.3. The number of aliphatic hydroxyl groups excluding tert-OH is 1. The Bertz CT molecular complexity index is 798. The number of nitrogens with one attached hydrogen (secondary N) is 1. The number of carbonyl (C=O) groups is 1. The van der Waals surface area contributed by atoms with E-state index >= 15 is 0 Å². The van der Waals surface area contributed by atoms with Gasteiger partial charge in [0.05, 0.1) is 24.7 Å². The molecule has 122 valence electrons. The van der Waals surface area contributed by atoms with Crippen LogP contribution in [0.15, 0.2) is 60.9 Å². The zero-order valence-corrected chi connectivity index (χ0v) is 13.1. The predicted molar refractivity (Wildman–Crippen MR) is 89.8 cm³/mol. The number of aromatic nitrogens is 3. The third-order valence-corrected chi connectivity index (χ3v) is 3.70. The summed E-state index contributed by atoms with van der Waals surface area (Å²) in [6.45, 7) is 0.587. The first-order valence-electron chi connectivity index (χ1n) is 7.70. The van der Waals surface area contributed by atoms with Crippen molar-refractivity contribution in [3.05, 3.63) is 77.6 Å². The van der Waals surface area contributed by atoms with E-state index < -0.39 is 0 Å². The van der Waals surface area contributed by atoms with Crippen molar-refractivity contribution in [2.75, 3.05) is 6.54 Å². The Balaban J connectivity index is 1.58. The smallest absolute Gasteiger partial charge is 0.251 e. The van der Waals surface area contributed by atoms with Gasteiger partial charge in [-0.2, -0.15) is 0 Å². The standard InChI is InChI=1S/C18H18N4O2/c23-13-15-6-4-14(5-7-15)8-9-19-18(24)16-2-1-3-17(12-16)22-11-10-20-21-22/h1-7,10-12,23H,8-9,13H2,(H,19,24). The number of amides is 1. The molecule has 24 heavy (non-hydrogen) atoms. The van der Waals surface area contributed by atoms with Crippen molar-refractivity contribution in [3.8, 4) is 5.69 Å². The number of aliphatic hydroxyl groups is 1. The third kappa shape index (κ3) is 3.85. The van der Waals surface area contributed by atoms with E-state index in [1.165, 1.54) is 0 Å². The molecule has 0 aliphatic carbocycles. The highest BCUT2D eigenvalue weighted by Gasteiger charge is 2.07. The number of nitrogens with zero attached hydrogens (tertiary/aromatic N) is 3. The summed E-state index contributed by atoms with van der Waals surface area (Å²) in [5, 5.41) is 19.6. The number of carbonyl (C=O) groups excluding carboxylic acids is 1. The summed E-state index contributed by atoms with van der Waals surface area (Å²) in [6, 6.07) is 14.9. The number of hydrogen-bond donors (Lipinski definition) is 2. The molecule has 1 heterocycles. The van der Waals surface area contributed by atoms with Crippen LogP contribution in [0.1, 0.15) is 21.5 Å². The van der Waals surface area contributed by atoms with Gasteiger partial charge in [-0.05, 0) is 35.7 Å². The fourth-order valence-corrected chi connectivity index (χ4v) is 2.37. The number of hydrogen-bond acceptors (Lipinski definition) is 4. The van der Waals surface area contributed by atoms with Crippen LogP contribution in [0.5, 0.6) is 0 Å². The van der Waals surface area contributed by atoms with Gasteiger partial charge in [0.25, 0.3) is 5.91 Å². The molecule has 3 rings (SSSR count).